The molecule has 3 heterocycles. The fourth-order valence-corrected chi connectivity index (χ4v) is 7.25. The molecule has 2 bridgehead atoms. The first-order valence-corrected chi connectivity index (χ1v) is 17.3. The highest BCUT2D eigenvalue weighted by Crippen LogP contribution is 2.51. The van der Waals surface area contributed by atoms with E-state index in [-0.39, 0.29) is 62.7 Å². The van der Waals surface area contributed by atoms with Crippen molar-refractivity contribution < 1.29 is 23.5 Å². The summed E-state index contributed by atoms with van der Waals surface area (Å²) in [6, 6.07) is 7.88. The number of rotatable bonds is 6. The van der Waals surface area contributed by atoms with Crippen LogP contribution in [0.4, 0.5) is 25.4 Å². The first kappa shape index (κ1) is 34.9. The maximum Gasteiger partial charge on any atom is 0.415 e. The number of nitrogens with zero attached hydrogens (tertiary/aromatic N) is 4. The van der Waals surface area contributed by atoms with Gasteiger partial charge < -0.3 is 20.1 Å². The van der Waals surface area contributed by atoms with E-state index in [2.05, 4.69) is 11.1 Å². The Morgan fingerprint density at radius 1 is 1.19 bits per heavy atom. The lowest BCUT2D eigenvalue weighted by Crippen LogP contribution is -2.59. The first-order valence-electron chi connectivity index (χ1n) is 15.3. The Balaban J connectivity index is 1.77. The Morgan fingerprint density at radius 3 is 2.49 bits per heavy atom. The largest absolute Gasteiger partial charge is 0.444 e. The molecule has 2 N–H and O–H groups in total. The van der Waals surface area contributed by atoms with Crippen molar-refractivity contribution in [3.8, 4) is 17.2 Å². The van der Waals surface area contributed by atoms with Gasteiger partial charge in [0.05, 0.1) is 39.6 Å². The Kier molecular flexibility index (Phi) is 9.54. The monoisotopic (exact) mass is 701 g/mol. The second-order valence-electron chi connectivity index (χ2n) is 13.8. The van der Waals surface area contributed by atoms with Crippen molar-refractivity contribution in [1.82, 2.24) is 9.88 Å². The first-order chi connectivity index (χ1) is 22.0. The molecule has 0 spiro atoms. The van der Waals surface area contributed by atoms with Crippen molar-refractivity contribution in [1.29, 1.82) is 5.26 Å². The lowest BCUT2D eigenvalue weighted by atomic mass is 9.78. The van der Waals surface area contributed by atoms with E-state index in [0.717, 1.165) is 0 Å². The number of aryl methyl sites for hydroxylation is 1. The molecule has 0 unspecified atom stereocenters. The maximum absolute atomic E-state index is 17.0. The predicted octanol–water partition coefficient (Wildman–Crippen LogP) is 8.86. The number of nitriles is 1. The number of pyridine rings is 1. The molecule has 0 radical (unpaired) electrons. The Morgan fingerprint density at radius 2 is 1.87 bits per heavy atom. The van der Waals surface area contributed by atoms with E-state index in [1.807, 2.05) is 0 Å². The molecule has 1 saturated carbocycles. The summed E-state index contributed by atoms with van der Waals surface area (Å²) in [6.07, 6.45) is 1.53. The highest BCUT2D eigenvalue weighted by Gasteiger charge is 2.59. The number of anilines is 2. The van der Waals surface area contributed by atoms with Gasteiger partial charge in [-0.05, 0) is 78.3 Å². The van der Waals surface area contributed by atoms with Crippen LogP contribution >= 0.6 is 35.0 Å². The molecule has 1 aliphatic carbocycles. The number of benzene rings is 2. The molecular formula is C34H38Cl2FN5O4S. The van der Waals surface area contributed by atoms with Gasteiger partial charge in [-0.15, -0.1) is 11.8 Å². The van der Waals surface area contributed by atoms with Gasteiger partial charge in [-0.25, -0.2) is 19.0 Å². The maximum atomic E-state index is 17.0. The number of hydrogen-bond donors (Lipinski definition) is 1. The van der Waals surface area contributed by atoms with Crippen molar-refractivity contribution in [3.63, 3.8) is 0 Å². The van der Waals surface area contributed by atoms with Gasteiger partial charge in [-0.3, -0.25) is 4.90 Å². The number of fused-ring (bicyclic) bond motifs is 2. The summed E-state index contributed by atoms with van der Waals surface area (Å²) in [5, 5.41) is 10.5. The molecule has 3 fully saturated rings. The molecule has 2 amide bonds. The number of nitrogens with two attached hydrogens (primary N) is 1. The van der Waals surface area contributed by atoms with Crippen molar-refractivity contribution in [2.24, 2.45) is 5.92 Å². The predicted molar refractivity (Wildman–Crippen MR) is 185 cm³/mol. The molecule has 3 atom stereocenters. The number of nitrogen functional groups attached to an aromatic ring is 1. The smallest absolute Gasteiger partial charge is 0.415 e. The molecule has 2 aliphatic heterocycles. The Bertz CT molecular complexity index is 1800. The lowest BCUT2D eigenvalue weighted by Gasteiger charge is -2.44. The third kappa shape index (κ3) is 6.65. The number of hydrogen-bond acceptors (Lipinski definition) is 8. The summed E-state index contributed by atoms with van der Waals surface area (Å²) in [7, 11) is 0. The summed E-state index contributed by atoms with van der Waals surface area (Å²) < 4.78 is 28.6. The third-order valence-electron chi connectivity index (χ3n) is 8.21. The average Bonchev–Trinajstić information content (AvgIpc) is 3.56. The van der Waals surface area contributed by atoms with Gasteiger partial charge in [0.25, 0.3) is 0 Å². The highest BCUT2D eigenvalue weighted by atomic mass is 35.5. The third-order valence-corrected chi connectivity index (χ3v) is 9.72. The van der Waals surface area contributed by atoms with E-state index in [4.69, 9.17) is 38.4 Å². The summed E-state index contributed by atoms with van der Waals surface area (Å²) in [5.41, 5.74) is 6.60. The number of halogens is 3. The number of carbonyl (C=O) groups excluding carboxylic acids is 2. The topological polar surface area (TPSA) is 122 Å². The fraction of sp³-hybridized carbons (Fsp3) is 0.471. The van der Waals surface area contributed by atoms with Crippen LogP contribution in [0.2, 0.25) is 10.0 Å². The normalized spacial score (nSPS) is 18.9. The van der Waals surface area contributed by atoms with E-state index in [0.29, 0.717) is 29.1 Å². The van der Waals surface area contributed by atoms with Crippen molar-refractivity contribution in [2.45, 2.75) is 89.1 Å². The van der Waals surface area contributed by atoms with Crippen LogP contribution in [0.5, 0.6) is 0 Å². The molecular weight excluding hydrogens is 664 g/mol. The van der Waals surface area contributed by atoms with Crippen LogP contribution in [0, 0.1) is 23.1 Å². The van der Waals surface area contributed by atoms with Crippen LogP contribution in [0.15, 0.2) is 29.3 Å². The lowest BCUT2D eigenvalue weighted by molar-refractivity contribution is 0.0217. The van der Waals surface area contributed by atoms with Gasteiger partial charge in [0.2, 0.25) is 0 Å². The Labute approximate surface area is 288 Å². The number of amides is 2. The number of thioether (sulfide) groups is 1. The fourth-order valence-electron chi connectivity index (χ4n) is 6.36. The number of aromatic nitrogens is 1. The van der Waals surface area contributed by atoms with Crippen LogP contribution in [-0.4, -0.2) is 58.2 Å². The molecule has 6 rings (SSSR count). The van der Waals surface area contributed by atoms with E-state index < -0.39 is 35.2 Å². The van der Waals surface area contributed by atoms with Crippen molar-refractivity contribution in [2.75, 3.05) is 23.4 Å². The Hall–Kier alpha value is -3.46. The second kappa shape index (κ2) is 12.9. The van der Waals surface area contributed by atoms with E-state index in [9.17, 15) is 14.9 Å². The number of ether oxygens (including phenoxy) is 2. The zero-order valence-corrected chi connectivity index (χ0v) is 29.7. The van der Waals surface area contributed by atoms with Crippen molar-refractivity contribution >= 4 is 69.4 Å². The van der Waals surface area contributed by atoms with E-state index in [1.165, 1.54) is 16.7 Å². The zero-order valence-electron chi connectivity index (χ0n) is 27.4. The SMILES string of the molecule is CSc1nc2c(F)c(-c3cccc(Cl)c3Cl)c(CCC#N)cc2c(N(C(=O)OC(C)(C)C)[C@H]2[C@H]3C[C@H]2N(C(=O)OC(C)(C)C)C3)c1N. The minimum atomic E-state index is -0.872. The van der Waals surface area contributed by atoms with E-state index >= 15 is 4.39 Å². The molecule has 47 heavy (non-hydrogen) atoms. The van der Waals surface area contributed by atoms with Gasteiger partial charge >= 0.3 is 12.2 Å². The summed E-state index contributed by atoms with van der Waals surface area (Å²) in [6.45, 7) is 11.0. The zero-order chi connectivity index (χ0) is 34.6. The summed E-state index contributed by atoms with van der Waals surface area (Å²) in [4.78, 5) is 35.2. The van der Waals surface area contributed by atoms with Gasteiger partial charge in [-0.1, -0.05) is 35.3 Å². The van der Waals surface area contributed by atoms with Gasteiger partial charge in [0, 0.05) is 35.4 Å². The molecule has 2 saturated heterocycles. The van der Waals surface area contributed by atoms with Crippen LogP contribution in [-0.2, 0) is 15.9 Å². The molecule has 250 valence electrons. The molecule has 3 aromatic rings. The summed E-state index contributed by atoms with van der Waals surface area (Å²) >= 11 is 14.1. The highest BCUT2D eigenvalue weighted by molar-refractivity contribution is 7.98. The van der Waals surface area contributed by atoms with Gasteiger partial charge in [0.1, 0.15) is 21.7 Å². The molecule has 3 aliphatic rings. The van der Waals surface area contributed by atoms with E-state index in [1.54, 1.807) is 77.0 Å². The standard InChI is InChI=1S/C34H38Cl2FN5O4S/c1-33(2,3)45-31(43)41-16-18-15-22(41)28(18)42(32(44)46-34(4,5)6)29-20-14-17(10-9-13-38)23(19-11-8-12-21(35)24(19)36)25(37)27(20)40-30(47-7)26(29)39/h8,11-12,14,18,22,28H,9-10,15-16,39H2,1-7H3/t18-,22+,28-/m0/s1. The van der Waals surface area contributed by atoms with Crippen LogP contribution in [0.25, 0.3) is 22.0 Å². The quantitative estimate of drug-likeness (QED) is 0.253. The molecule has 9 nitrogen and oxygen atoms in total. The minimum absolute atomic E-state index is 0.0328. The van der Waals surface area contributed by atoms with Crippen molar-refractivity contribution in [3.05, 3.63) is 45.7 Å². The summed E-state index contributed by atoms with van der Waals surface area (Å²) in [5.74, 6) is -0.792. The van der Waals surface area contributed by atoms with Crippen LogP contribution < -0.4 is 10.6 Å². The molecule has 13 heteroatoms. The minimum Gasteiger partial charge on any atom is -0.444 e. The van der Waals surface area contributed by atoms with Crippen LogP contribution in [0.3, 0.4) is 0 Å². The van der Waals surface area contributed by atoms with Crippen LogP contribution in [0.1, 0.15) is 59.9 Å². The molecule has 1 aromatic heterocycles. The van der Waals surface area contributed by atoms with Gasteiger partial charge in [0.15, 0.2) is 5.82 Å². The molecule has 2 aromatic carbocycles. The average molecular weight is 703 g/mol. The number of carbonyl (C=O) groups is 2. The van der Waals surface area contributed by atoms with Gasteiger partial charge in [-0.2, -0.15) is 5.26 Å². The second-order valence-corrected chi connectivity index (χ2v) is 15.4.